The van der Waals surface area contributed by atoms with E-state index in [-0.39, 0.29) is 11.4 Å². The van der Waals surface area contributed by atoms with Crippen molar-refractivity contribution in [2.24, 2.45) is 0 Å². The number of benzene rings is 1. The second-order valence-corrected chi connectivity index (χ2v) is 6.80. The van der Waals surface area contributed by atoms with Crippen LogP contribution in [0.4, 0.5) is 0 Å². The van der Waals surface area contributed by atoms with Gasteiger partial charge in [-0.3, -0.25) is 4.79 Å². The highest BCUT2D eigenvalue weighted by atomic mass is 32.1. The number of hydrogen-bond acceptors (Lipinski definition) is 2. The summed E-state index contributed by atoms with van der Waals surface area (Å²) in [6.45, 7) is 4.11. The number of carbonyl (C=O) groups excluding carboxylic acids is 1. The van der Waals surface area contributed by atoms with Gasteiger partial charge in [0.25, 0.3) is 5.91 Å². The Bertz CT molecular complexity index is 756. The maximum absolute atomic E-state index is 12.2. The molecule has 4 heteroatoms. The Kier molecular flexibility index (Phi) is 3.55. The predicted octanol–water partition coefficient (Wildman–Crippen LogP) is 3.98. The molecule has 3 aromatic rings. The average molecular weight is 298 g/mol. The number of nitrogens with one attached hydrogen (secondary N) is 2. The van der Waals surface area contributed by atoms with Crippen molar-refractivity contribution in [1.82, 2.24) is 10.3 Å². The Morgan fingerprint density at radius 3 is 2.81 bits per heavy atom. The molecule has 2 N–H and O–H groups in total. The van der Waals surface area contributed by atoms with Crippen molar-refractivity contribution in [3.63, 3.8) is 0 Å². The van der Waals surface area contributed by atoms with Crippen molar-refractivity contribution in [3.05, 3.63) is 58.4 Å². The molecule has 0 unspecified atom stereocenters. The van der Waals surface area contributed by atoms with Gasteiger partial charge in [-0.05, 0) is 43.3 Å². The summed E-state index contributed by atoms with van der Waals surface area (Å²) < 4.78 is 0. The summed E-state index contributed by atoms with van der Waals surface area (Å²) >= 11 is 1.46. The smallest absolute Gasteiger partial charge is 0.261 e. The predicted molar refractivity (Wildman–Crippen MR) is 87.9 cm³/mol. The van der Waals surface area contributed by atoms with E-state index in [1.165, 1.54) is 22.3 Å². The number of carbonyl (C=O) groups is 1. The molecule has 0 saturated heterocycles. The van der Waals surface area contributed by atoms with Crippen LogP contribution in [0.1, 0.15) is 29.1 Å². The van der Waals surface area contributed by atoms with E-state index in [0.717, 1.165) is 16.8 Å². The van der Waals surface area contributed by atoms with E-state index < -0.39 is 0 Å². The van der Waals surface area contributed by atoms with Crippen molar-refractivity contribution in [1.29, 1.82) is 0 Å². The van der Waals surface area contributed by atoms with Gasteiger partial charge in [0.05, 0.1) is 4.88 Å². The molecule has 0 saturated carbocycles. The topological polar surface area (TPSA) is 44.9 Å². The molecule has 0 bridgehead atoms. The summed E-state index contributed by atoms with van der Waals surface area (Å²) in [4.78, 5) is 16.2. The molecular weight excluding hydrogens is 280 g/mol. The fourth-order valence-corrected chi connectivity index (χ4v) is 3.19. The summed E-state index contributed by atoms with van der Waals surface area (Å²) in [5.41, 5.74) is 2.06. The molecule has 1 amide bonds. The monoisotopic (exact) mass is 298 g/mol. The summed E-state index contributed by atoms with van der Waals surface area (Å²) in [6.07, 6.45) is 2.82. The van der Waals surface area contributed by atoms with Crippen LogP contribution in [0.2, 0.25) is 0 Å². The van der Waals surface area contributed by atoms with Crippen LogP contribution in [0.25, 0.3) is 10.9 Å². The molecule has 21 heavy (non-hydrogen) atoms. The second kappa shape index (κ2) is 5.37. The quantitative estimate of drug-likeness (QED) is 0.752. The van der Waals surface area contributed by atoms with Crippen LogP contribution in [0.3, 0.4) is 0 Å². The third-order valence-corrected chi connectivity index (χ3v) is 4.37. The van der Waals surface area contributed by atoms with Gasteiger partial charge in [0, 0.05) is 22.6 Å². The zero-order valence-corrected chi connectivity index (χ0v) is 13.0. The summed E-state index contributed by atoms with van der Waals surface area (Å²) in [6, 6.07) is 12.0. The van der Waals surface area contributed by atoms with Gasteiger partial charge >= 0.3 is 0 Å². The summed E-state index contributed by atoms with van der Waals surface area (Å²) in [5.74, 6) is -0.00478. The number of hydrogen-bond donors (Lipinski definition) is 2. The number of thiophene rings is 1. The van der Waals surface area contributed by atoms with Crippen LogP contribution in [0.15, 0.2) is 48.0 Å². The SMILES string of the molecule is CC(C)(Cc1c[nH]c2ccccc12)NC(=O)c1cccs1. The molecule has 1 aromatic carbocycles. The first kappa shape index (κ1) is 13.9. The minimum Gasteiger partial charge on any atom is -0.361 e. The Morgan fingerprint density at radius 1 is 1.24 bits per heavy atom. The lowest BCUT2D eigenvalue weighted by Gasteiger charge is -2.26. The van der Waals surface area contributed by atoms with Gasteiger partial charge in [-0.25, -0.2) is 0 Å². The summed E-state index contributed by atoms with van der Waals surface area (Å²) in [7, 11) is 0. The highest BCUT2D eigenvalue weighted by Crippen LogP contribution is 2.22. The van der Waals surface area contributed by atoms with E-state index in [2.05, 4.69) is 36.3 Å². The van der Waals surface area contributed by atoms with E-state index >= 15 is 0 Å². The first-order chi connectivity index (χ1) is 10.1. The molecule has 2 heterocycles. The number of amides is 1. The van der Waals surface area contributed by atoms with Crippen molar-refractivity contribution < 1.29 is 4.79 Å². The number of aromatic nitrogens is 1. The van der Waals surface area contributed by atoms with Crippen LogP contribution in [0.5, 0.6) is 0 Å². The zero-order chi connectivity index (χ0) is 14.9. The Hall–Kier alpha value is -2.07. The van der Waals surface area contributed by atoms with Crippen molar-refractivity contribution >= 4 is 28.1 Å². The molecule has 0 radical (unpaired) electrons. The molecule has 0 aliphatic carbocycles. The van der Waals surface area contributed by atoms with Gasteiger partial charge < -0.3 is 10.3 Å². The van der Waals surface area contributed by atoms with Crippen LogP contribution >= 0.6 is 11.3 Å². The van der Waals surface area contributed by atoms with Crippen LogP contribution in [-0.2, 0) is 6.42 Å². The van der Waals surface area contributed by atoms with Crippen LogP contribution in [-0.4, -0.2) is 16.4 Å². The fraction of sp³-hybridized carbons (Fsp3) is 0.235. The molecule has 3 rings (SSSR count). The van der Waals surface area contributed by atoms with Gasteiger partial charge in [-0.2, -0.15) is 0 Å². The second-order valence-electron chi connectivity index (χ2n) is 5.85. The zero-order valence-electron chi connectivity index (χ0n) is 12.1. The van der Waals surface area contributed by atoms with Crippen LogP contribution < -0.4 is 5.32 Å². The molecule has 108 valence electrons. The van der Waals surface area contributed by atoms with Gasteiger partial charge in [0.15, 0.2) is 0 Å². The van der Waals surface area contributed by atoms with Crippen LogP contribution in [0, 0.1) is 0 Å². The standard InChI is InChI=1S/C17H18N2OS/c1-17(2,19-16(20)15-8-5-9-21-15)10-12-11-18-14-7-4-3-6-13(12)14/h3-9,11,18H,10H2,1-2H3,(H,19,20). The maximum Gasteiger partial charge on any atom is 0.261 e. The number of rotatable bonds is 4. The molecule has 0 atom stereocenters. The molecular formula is C17H18N2OS. The maximum atomic E-state index is 12.2. The van der Waals surface area contributed by atoms with Gasteiger partial charge in [0.1, 0.15) is 0 Å². The third kappa shape index (κ3) is 3.00. The molecule has 0 spiro atoms. The van der Waals surface area contributed by atoms with Gasteiger partial charge in [-0.15, -0.1) is 11.3 Å². The normalized spacial score (nSPS) is 11.7. The van der Waals surface area contributed by atoms with Crippen molar-refractivity contribution in [2.45, 2.75) is 25.8 Å². The van der Waals surface area contributed by atoms with E-state index in [4.69, 9.17) is 0 Å². The Labute approximate surface area is 128 Å². The first-order valence-electron chi connectivity index (χ1n) is 6.96. The number of H-pyrrole nitrogens is 1. The third-order valence-electron chi connectivity index (χ3n) is 3.50. The minimum absolute atomic E-state index is 0.00478. The Morgan fingerprint density at radius 2 is 2.05 bits per heavy atom. The van der Waals surface area contributed by atoms with E-state index in [1.54, 1.807) is 0 Å². The molecule has 0 aliphatic heterocycles. The van der Waals surface area contributed by atoms with Crippen molar-refractivity contribution in [3.8, 4) is 0 Å². The Balaban J connectivity index is 1.78. The lowest BCUT2D eigenvalue weighted by atomic mass is 9.94. The van der Waals surface area contributed by atoms with Gasteiger partial charge in [0.2, 0.25) is 0 Å². The molecule has 3 nitrogen and oxygen atoms in total. The molecule has 2 aromatic heterocycles. The van der Waals surface area contributed by atoms with E-state index in [1.807, 2.05) is 35.8 Å². The van der Waals surface area contributed by atoms with E-state index in [9.17, 15) is 4.79 Å². The lowest BCUT2D eigenvalue weighted by molar-refractivity contribution is 0.0917. The lowest BCUT2D eigenvalue weighted by Crippen LogP contribution is -2.44. The van der Waals surface area contributed by atoms with Crippen molar-refractivity contribution in [2.75, 3.05) is 0 Å². The molecule has 0 aliphatic rings. The number of fused-ring (bicyclic) bond motifs is 1. The average Bonchev–Trinajstić information content (AvgIpc) is 3.08. The highest BCUT2D eigenvalue weighted by Gasteiger charge is 2.23. The molecule has 0 fully saturated rings. The number of para-hydroxylation sites is 1. The minimum atomic E-state index is -0.300. The highest BCUT2D eigenvalue weighted by molar-refractivity contribution is 7.12. The van der Waals surface area contributed by atoms with Gasteiger partial charge in [-0.1, -0.05) is 24.3 Å². The summed E-state index contributed by atoms with van der Waals surface area (Å²) in [5, 5.41) is 6.26. The number of aromatic amines is 1. The fourth-order valence-electron chi connectivity index (χ4n) is 2.57. The van der Waals surface area contributed by atoms with E-state index in [0.29, 0.717) is 0 Å². The largest absolute Gasteiger partial charge is 0.361 e. The first-order valence-corrected chi connectivity index (χ1v) is 7.84.